The molecule has 138 valence electrons. The van der Waals surface area contributed by atoms with Crippen LogP contribution in [-0.2, 0) is 13.0 Å². The van der Waals surface area contributed by atoms with Gasteiger partial charge in [0.25, 0.3) is 0 Å². The SMILES string of the molecule is Cc1ccc(-c2cnc3c(c2)CN(c2ncnc4ccc(F)cc24)CC3)cn1. The quantitative estimate of drug-likeness (QED) is 0.531. The Morgan fingerprint density at radius 2 is 1.82 bits per heavy atom. The van der Waals surface area contributed by atoms with Gasteiger partial charge in [-0.3, -0.25) is 9.97 Å². The van der Waals surface area contributed by atoms with Crippen LogP contribution >= 0.6 is 0 Å². The predicted octanol–water partition coefficient (Wildman–Crippen LogP) is 4.10. The lowest BCUT2D eigenvalue weighted by Gasteiger charge is -2.30. The maximum atomic E-state index is 13.8. The summed E-state index contributed by atoms with van der Waals surface area (Å²) in [4.78, 5) is 19.9. The summed E-state index contributed by atoms with van der Waals surface area (Å²) in [6.07, 6.45) is 6.15. The van der Waals surface area contributed by atoms with Gasteiger partial charge in [0.2, 0.25) is 0 Å². The number of benzene rings is 1. The van der Waals surface area contributed by atoms with Crippen LogP contribution in [0.25, 0.3) is 22.0 Å². The number of nitrogens with zero attached hydrogens (tertiary/aromatic N) is 5. The van der Waals surface area contributed by atoms with E-state index in [9.17, 15) is 4.39 Å². The molecule has 0 saturated heterocycles. The van der Waals surface area contributed by atoms with E-state index in [1.54, 1.807) is 6.07 Å². The highest BCUT2D eigenvalue weighted by Crippen LogP contribution is 2.30. The largest absolute Gasteiger partial charge is 0.351 e. The average molecular weight is 371 g/mol. The minimum absolute atomic E-state index is 0.281. The summed E-state index contributed by atoms with van der Waals surface area (Å²) in [6, 6.07) is 10.9. The Bertz CT molecular complexity index is 1170. The number of fused-ring (bicyclic) bond motifs is 2. The summed E-state index contributed by atoms with van der Waals surface area (Å²) in [5.74, 6) is 0.481. The molecule has 4 aromatic rings. The number of hydrogen-bond acceptors (Lipinski definition) is 5. The zero-order valence-electron chi connectivity index (χ0n) is 15.4. The molecule has 0 unspecified atom stereocenters. The molecule has 0 radical (unpaired) electrons. The second-order valence-electron chi connectivity index (χ2n) is 7.05. The molecule has 1 aliphatic rings. The lowest BCUT2D eigenvalue weighted by atomic mass is 10.0. The maximum absolute atomic E-state index is 13.8. The van der Waals surface area contributed by atoms with Crippen molar-refractivity contribution in [2.75, 3.05) is 11.4 Å². The van der Waals surface area contributed by atoms with E-state index < -0.39 is 0 Å². The fourth-order valence-corrected chi connectivity index (χ4v) is 3.67. The first-order valence-electron chi connectivity index (χ1n) is 9.23. The van der Waals surface area contributed by atoms with Gasteiger partial charge in [0.05, 0.1) is 5.52 Å². The van der Waals surface area contributed by atoms with Gasteiger partial charge >= 0.3 is 0 Å². The van der Waals surface area contributed by atoms with Crippen molar-refractivity contribution < 1.29 is 4.39 Å². The Hall–Kier alpha value is -3.41. The molecule has 0 spiro atoms. The molecule has 5 nitrogen and oxygen atoms in total. The highest BCUT2D eigenvalue weighted by atomic mass is 19.1. The van der Waals surface area contributed by atoms with Crippen LogP contribution in [0.4, 0.5) is 10.2 Å². The summed E-state index contributed by atoms with van der Waals surface area (Å²) < 4.78 is 13.8. The van der Waals surface area contributed by atoms with E-state index in [0.717, 1.165) is 57.8 Å². The normalized spacial score (nSPS) is 13.6. The van der Waals surface area contributed by atoms with Gasteiger partial charge in [0, 0.05) is 59.8 Å². The molecule has 5 rings (SSSR count). The minimum Gasteiger partial charge on any atom is -0.351 e. The number of halogens is 1. The molecule has 3 aromatic heterocycles. The third kappa shape index (κ3) is 2.97. The van der Waals surface area contributed by atoms with Crippen LogP contribution in [0.5, 0.6) is 0 Å². The van der Waals surface area contributed by atoms with Crippen molar-refractivity contribution in [3.8, 4) is 11.1 Å². The molecule has 0 N–H and O–H groups in total. The molecule has 1 aromatic carbocycles. The van der Waals surface area contributed by atoms with Crippen LogP contribution in [0.1, 0.15) is 17.0 Å². The zero-order chi connectivity index (χ0) is 19.1. The molecule has 1 aliphatic heterocycles. The van der Waals surface area contributed by atoms with Gasteiger partial charge in [0.1, 0.15) is 18.0 Å². The zero-order valence-corrected chi connectivity index (χ0v) is 15.4. The number of pyridine rings is 2. The topological polar surface area (TPSA) is 54.8 Å². The number of rotatable bonds is 2. The fourth-order valence-electron chi connectivity index (χ4n) is 3.67. The molecule has 6 heteroatoms. The average Bonchev–Trinajstić information content (AvgIpc) is 2.73. The van der Waals surface area contributed by atoms with Crippen molar-refractivity contribution in [2.45, 2.75) is 19.9 Å². The van der Waals surface area contributed by atoms with Crippen LogP contribution in [0.2, 0.25) is 0 Å². The summed E-state index contributed by atoms with van der Waals surface area (Å²) in [7, 11) is 0. The van der Waals surface area contributed by atoms with E-state index in [-0.39, 0.29) is 5.82 Å². The number of aromatic nitrogens is 4. The first-order valence-corrected chi connectivity index (χ1v) is 9.23. The molecule has 0 atom stereocenters. The molecule has 0 fully saturated rings. The van der Waals surface area contributed by atoms with E-state index in [1.165, 1.54) is 18.5 Å². The van der Waals surface area contributed by atoms with Crippen molar-refractivity contribution >= 4 is 16.7 Å². The molecule has 28 heavy (non-hydrogen) atoms. The van der Waals surface area contributed by atoms with Gasteiger partial charge in [-0.2, -0.15) is 0 Å². The summed E-state index contributed by atoms with van der Waals surface area (Å²) in [6.45, 7) is 3.44. The minimum atomic E-state index is -0.281. The Kier molecular flexibility index (Phi) is 3.97. The van der Waals surface area contributed by atoms with Crippen LogP contribution in [0, 0.1) is 12.7 Å². The standard InChI is InChI=1S/C22H18FN5/c1-14-2-3-15(10-24-14)16-8-17-12-28(7-6-20(17)25-11-16)22-19-9-18(23)4-5-21(19)26-13-27-22/h2-5,8-11,13H,6-7,12H2,1H3. The highest BCUT2D eigenvalue weighted by molar-refractivity contribution is 5.89. The van der Waals surface area contributed by atoms with Gasteiger partial charge in [-0.05, 0) is 42.8 Å². The van der Waals surface area contributed by atoms with Gasteiger partial charge in [0.15, 0.2) is 0 Å². The van der Waals surface area contributed by atoms with Crippen molar-refractivity contribution in [2.24, 2.45) is 0 Å². The fraction of sp³-hybridized carbons (Fsp3) is 0.182. The van der Waals surface area contributed by atoms with Crippen molar-refractivity contribution in [3.63, 3.8) is 0 Å². The van der Waals surface area contributed by atoms with Crippen molar-refractivity contribution in [1.82, 2.24) is 19.9 Å². The molecule has 0 amide bonds. The molecular formula is C22H18FN5. The van der Waals surface area contributed by atoms with E-state index in [2.05, 4.69) is 37.0 Å². The van der Waals surface area contributed by atoms with Gasteiger partial charge in [-0.25, -0.2) is 14.4 Å². The van der Waals surface area contributed by atoms with Crippen LogP contribution in [-0.4, -0.2) is 26.5 Å². The van der Waals surface area contributed by atoms with Crippen molar-refractivity contribution in [1.29, 1.82) is 0 Å². The number of hydrogen-bond donors (Lipinski definition) is 0. The van der Waals surface area contributed by atoms with Gasteiger partial charge in [-0.15, -0.1) is 0 Å². The lowest BCUT2D eigenvalue weighted by Crippen LogP contribution is -2.31. The van der Waals surface area contributed by atoms with Crippen LogP contribution in [0.15, 0.2) is 55.1 Å². The molecule has 4 heterocycles. The Morgan fingerprint density at radius 3 is 2.68 bits per heavy atom. The molecule has 0 aliphatic carbocycles. The second kappa shape index (κ2) is 6.64. The molecule has 0 bridgehead atoms. The highest BCUT2D eigenvalue weighted by Gasteiger charge is 2.21. The van der Waals surface area contributed by atoms with Crippen LogP contribution in [0.3, 0.4) is 0 Å². The Morgan fingerprint density at radius 1 is 0.929 bits per heavy atom. The summed E-state index contributed by atoms with van der Waals surface area (Å²) in [5, 5.41) is 0.734. The Balaban J connectivity index is 1.52. The maximum Gasteiger partial charge on any atom is 0.140 e. The number of anilines is 1. The van der Waals surface area contributed by atoms with E-state index in [1.807, 2.05) is 25.4 Å². The Labute approximate surface area is 161 Å². The second-order valence-corrected chi connectivity index (χ2v) is 7.05. The third-order valence-corrected chi connectivity index (χ3v) is 5.16. The first-order chi connectivity index (χ1) is 13.7. The molecule has 0 saturated carbocycles. The van der Waals surface area contributed by atoms with E-state index in [0.29, 0.717) is 6.54 Å². The van der Waals surface area contributed by atoms with Gasteiger partial charge < -0.3 is 4.90 Å². The lowest BCUT2D eigenvalue weighted by molar-refractivity contribution is 0.629. The van der Waals surface area contributed by atoms with Crippen molar-refractivity contribution in [3.05, 3.63) is 77.9 Å². The van der Waals surface area contributed by atoms with Crippen LogP contribution < -0.4 is 4.90 Å². The monoisotopic (exact) mass is 371 g/mol. The summed E-state index contributed by atoms with van der Waals surface area (Å²) in [5.41, 5.74) is 6.09. The molecular weight excluding hydrogens is 353 g/mol. The van der Waals surface area contributed by atoms with Gasteiger partial charge in [-0.1, -0.05) is 6.07 Å². The number of aryl methyl sites for hydroxylation is 1. The predicted molar refractivity (Wildman–Crippen MR) is 106 cm³/mol. The van der Waals surface area contributed by atoms with E-state index in [4.69, 9.17) is 0 Å². The third-order valence-electron chi connectivity index (χ3n) is 5.16. The summed E-state index contributed by atoms with van der Waals surface area (Å²) >= 11 is 0. The first kappa shape index (κ1) is 16.7. The smallest absolute Gasteiger partial charge is 0.140 e. The van der Waals surface area contributed by atoms with E-state index >= 15 is 0 Å².